The largest absolute Gasteiger partial charge is 0.523 e. The van der Waals surface area contributed by atoms with E-state index in [9.17, 15) is 64.8 Å². The van der Waals surface area contributed by atoms with Gasteiger partial charge in [-0.25, -0.2) is 0 Å². The van der Waals surface area contributed by atoms with E-state index in [2.05, 4.69) is 12.5 Å². The van der Waals surface area contributed by atoms with E-state index in [0.29, 0.717) is 0 Å². The van der Waals surface area contributed by atoms with Gasteiger partial charge in [-0.05, 0) is 25.2 Å². The van der Waals surface area contributed by atoms with Gasteiger partial charge in [0.2, 0.25) is 0 Å². The van der Waals surface area contributed by atoms with Crippen LogP contribution >= 0.6 is 0 Å². The molecular formula is C13H13F9O9S3. The Bertz CT molecular complexity index is 1010. The molecule has 0 heterocycles. The number of rotatable bonds is 6. The lowest BCUT2D eigenvalue weighted by Gasteiger charge is -2.63. The smallest absolute Gasteiger partial charge is 0.256 e. The number of hydrogen-bond acceptors (Lipinski definition) is 9. The highest BCUT2D eigenvalue weighted by Crippen LogP contribution is 2.65. The molecule has 9 nitrogen and oxygen atoms in total. The van der Waals surface area contributed by atoms with Crippen molar-refractivity contribution >= 4 is 30.4 Å². The highest BCUT2D eigenvalue weighted by molar-refractivity contribution is 7.88. The molecule has 0 aromatic carbocycles. The minimum absolute atomic E-state index is 0.698. The number of halogens is 9. The Morgan fingerprint density at radius 1 is 0.500 bits per heavy atom. The number of alkyl halides is 9. The highest BCUT2D eigenvalue weighted by atomic mass is 32.2. The van der Waals surface area contributed by atoms with Crippen LogP contribution in [0.4, 0.5) is 39.5 Å². The van der Waals surface area contributed by atoms with Gasteiger partial charge in [0.1, 0.15) is 0 Å². The summed E-state index contributed by atoms with van der Waals surface area (Å²) < 4.78 is 198. The van der Waals surface area contributed by atoms with Crippen molar-refractivity contribution < 1.29 is 77.3 Å². The molecular weight excluding hydrogens is 567 g/mol. The van der Waals surface area contributed by atoms with Gasteiger partial charge in [0.05, 0.1) is 16.8 Å². The van der Waals surface area contributed by atoms with Crippen molar-refractivity contribution in [2.24, 2.45) is 5.92 Å². The summed E-state index contributed by atoms with van der Waals surface area (Å²) in [6.45, 7) is 0. The molecule has 4 saturated carbocycles. The molecule has 4 bridgehead atoms. The zero-order chi connectivity index (χ0) is 26.4. The first-order chi connectivity index (χ1) is 14.8. The summed E-state index contributed by atoms with van der Waals surface area (Å²) in [6.07, 6.45) is -5.85. The molecule has 0 aromatic rings. The van der Waals surface area contributed by atoms with Crippen molar-refractivity contribution in [3.05, 3.63) is 0 Å². The molecule has 4 fully saturated rings. The molecule has 0 amide bonds. The second-order valence-electron chi connectivity index (χ2n) is 8.51. The molecule has 0 unspecified atom stereocenters. The van der Waals surface area contributed by atoms with Gasteiger partial charge in [-0.1, -0.05) is 0 Å². The van der Waals surface area contributed by atoms with Crippen LogP contribution in [0.5, 0.6) is 0 Å². The van der Waals surface area contributed by atoms with Gasteiger partial charge in [0.25, 0.3) is 0 Å². The van der Waals surface area contributed by atoms with E-state index in [4.69, 9.17) is 0 Å². The lowest BCUT2D eigenvalue weighted by Crippen LogP contribution is -2.69. The van der Waals surface area contributed by atoms with Crippen LogP contribution in [-0.2, 0) is 42.9 Å². The summed E-state index contributed by atoms with van der Waals surface area (Å²) in [7, 11) is -19.5. The lowest BCUT2D eigenvalue weighted by molar-refractivity contribution is -0.233. The maximum Gasteiger partial charge on any atom is 0.523 e. The van der Waals surface area contributed by atoms with Crippen LogP contribution in [0.3, 0.4) is 0 Å². The van der Waals surface area contributed by atoms with Crippen LogP contribution in [0.1, 0.15) is 38.5 Å². The van der Waals surface area contributed by atoms with Gasteiger partial charge >= 0.3 is 46.9 Å². The third kappa shape index (κ3) is 4.74. The standard InChI is InChI=1S/C13H13F9O9S3/c14-11(15,16)32(23,24)29-8-1-7-2-9(4-8,30-33(25,26)12(17,18)19)6-10(3-7,5-8)31-34(27,28)13(20,21)22/h7H,1-6H2. The maximum atomic E-state index is 12.9. The molecule has 0 spiro atoms. The van der Waals surface area contributed by atoms with Crippen LogP contribution in [0.25, 0.3) is 0 Å². The molecule has 0 saturated heterocycles. The quantitative estimate of drug-likeness (QED) is 0.265. The van der Waals surface area contributed by atoms with Crippen molar-refractivity contribution in [1.29, 1.82) is 0 Å². The normalized spacial score (nSPS) is 35.0. The minimum Gasteiger partial charge on any atom is -0.256 e. The fourth-order valence-corrected chi connectivity index (χ4v) is 7.53. The fraction of sp³-hybridized carbons (Fsp3) is 1.00. The summed E-state index contributed by atoms with van der Waals surface area (Å²) >= 11 is 0. The summed E-state index contributed by atoms with van der Waals surface area (Å²) in [5, 5.41) is 0. The summed E-state index contributed by atoms with van der Waals surface area (Å²) in [6, 6.07) is 0. The first-order valence-electron chi connectivity index (χ1n) is 8.83. The Kier molecular flexibility index (Phi) is 5.96. The van der Waals surface area contributed by atoms with Crippen LogP contribution in [0.2, 0.25) is 0 Å². The SMILES string of the molecule is O=S(=O)(OC12CC3CC(OS(=O)(=O)C(F)(F)F)(C1)CC(OS(=O)(=O)C(F)(F)F)(C3)C2)C(F)(F)F. The maximum absolute atomic E-state index is 12.9. The molecule has 4 aliphatic carbocycles. The molecule has 21 heteroatoms. The van der Waals surface area contributed by atoms with E-state index in [0.717, 1.165) is 0 Å². The summed E-state index contributed by atoms with van der Waals surface area (Å²) in [5.74, 6) is -1.31. The van der Waals surface area contributed by atoms with E-state index < -0.39 is 108 Å². The Morgan fingerprint density at radius 2 is 0.706 bits per heavy atom. The Morgan fingerprint density at radius 3 is 0.882 bits per heavy atom. The molecule has 34 heavy (non-hydrogen) atoms. The van der Waals surface area contributed by atoms with Crippen molar-refractivity contribution in [2.45, 2.75) is 71.9 Å². The van der Waals surface area contributed by atoms with E-state index in [1.165, 1.54) is 0 Å². The Labute approximate surface area is 185 Å². The second-order valence-corrected chi connectivity index (χ2v) is 13.1. The van der Waals surface area contributed by atoms with Crippen LogP contribution in [-0.4, -0.2) is 58.6 Å². The highest BCUT2D eigenvalue weighted by Gasteiger charge is 2.71. The van der Waals surface area contributed by atoms with Gasteiger partial charge < -0.3 is 0 Å². The van der Waals surface area contributed by atoms with E-state index in [1.54, 1.807) is 0 Å². The van der Waals surface area contributed by atoms with E-state index in [-0.39, 0.29) is 0 Å². The minimum atomic E-state index is -6.51. The molecule has 0 aliphatic heterocycles. The predicted octanol–water partition coefficient (Wildman–Crippen LogP) is 2.80. The third-order valence-electron chi connectivity index (χ3n) is 5.62. The number of hydrogen-bond donors (Lipinski definition) is 0. The first kappa shape index (κ1) is 27.7. The zero-order valence-corrected chi connectivity index (χ0v) is 18.6. The van der Waals surface area contributed by atoms with Crippen LogP contribution in [0.15, 0.2) is 0 Å². The lowest BCUT2D eigenvalue weighted by atomic mass is 9.50. The van der Waals surface area contributed by atoms with Crippen molar-refractivity contribution in [3.8, 4) is 0 Å². The van der Waals surface area contributed by atoms with Crippen molar-refractivity contribution in [1.82, 2.24) is 0 Å². The van der Waals surface area contributed by atoms with E-state index in [1.807, 2.05) is 0 Å². The first-order valence-corrected chi connectivity index (χ1v) is 13.1. The van der Waals surface area contributed by atoms with Gasteiger partial charge in [0, 0.05) is 19.3 Å². The van der Waals surface area contributed by atoms with Crippen LogP contribution in [0, 0.1) is 5.92 Å². The van der Waals surface area contributed by atoms with Gasteiger partial charge in [0.15, 0.2) is 0 Å². The molecule has 0 radical (unpaired) electrons. The van der Waals surface area contributed by atoms with Gasteiger partial charge in [-0.2, -0.15) is 64.8 Å². The second kappa shape index (κ2) is 7.33. The average molecular weight is 580 g/mol. The Hall–Kier alpha value is -0.900. The molecule has 0 N–H and O–H groups in total. The van der Waals surface area contributed by atoms with E-state index >= 15 is 0 Å². The van der Waals surface area contributed by atoms with Gasteiger partial charge in [-0.15, -0.1) is 0 Å². The molecule has 4 aliphatic rings. The monoisotopic (exact) mass is 580 g/mol. The molecule has 0 aromatic heterocycles. The summed E-state index contributed by atoms with van der Waals surface area (Å²) in [5.41, 5.74) is -26.5. The Balaban J connectivity index is 2.13. The van der Waals surface area contributed by atoms with Crippen molar-refractivity contribution in [2.75, 3.05) is 0 Å². The van der Waals surface area contributed by atoms with Gasteiger partial charge in [-0.3, -0.25) is 12.5 Å². The predicted molar refractivity (Wildman–Crippen MR) is 87.6 cm³/mol. The summed E-state index contributed by atoms with van der Waals surface area (Å²) in [4.78, 5) is 0. The van der Waals surface area contributed by atoms with Crippen molar-refractivity contribution in [3.63, 3.8) is 0 Å². The van der Waals surface area contributed by atoms with Crippen LogP contribution < -0.4 is 0 Å². The fourth-order valence-electron chi connectivity index (χ4n) is 5.30. The average Bonchev–Trinajstić information content (AvgIpc) is 2.46. The topological polar surface area (TPSA) is 130 Å². The zero-order valence-electron chi connectivity index (χ0n) is 16.1. The molecule has 4 rings (SSSR count). The third-order valence-corrected chi connectivity index (χ3v) is 9.04. The molecule has 200 valence electrons. The molecule has 0 atom stereocenters.